The Hall–Kier alpha value is -2.54. The van der Waals surface area contributed by atoms with Gasteiger partial charge in [0.1, 0.15) is 5.82 Å². The number of hydrogen-bond donors (Lipinski definition) is 1. The average molecular weight is 371 g/mol. The van der Waals surface area contributed by atoms with Crippen LogP contribution in [0.2, 0.25) is 0 Å². The highest BCUT2D eigenvalue weighted by Crippen LogP contribution is 2.41. The van der Waals surface area contributed by atoms with E-state index in [0.29, 0.717) is 24.4 Å². The number of nitrogens with zero attached hydrogens (tertiary/aromatic N) is 2. The highest BCUT2D eigenvalue weighted by atomic mass is 32.1. The van der Waals surface area contributed by atoms with Crippen molar-refractivity contribution in [2.24, 2.45) is 0 Å². The summed E-state index contributed by atoms with van der Waals surface area (Å²) in [5, 5.41) is 5.68. The van der Waals surface area contributed by atoms with E-state index in [2.05, 4.69) is 16.9 Å². The number of anilines is 2. The molecule has 4 rings (SSSR count). The molecule has 0 atom stereocenters. The maximum absolute atomic E-state index is 14.7. The van der Waals surface area contributed by atoms with Crippen LogP contribution >= 0.6 is 11.3 Å². The second kappa shape index (κ2) is 6.64. The molecule has 2 amide bonds. The van der Waals surface area contributed by atoms with Gasteiger partial charge in [0.15, 0.2) is 0 Å². The molecular weight excluding hydrogens is 353 g/mol. The summed E-state index contributed by atoms with van der Waals surface area (Å²) in [5.41, 5.74) is 2.22. The number of hydrogen-bond acceptors (Lipinski definition) is 4. The number of thiazole rings is 1. The third-order valence-corrected chi connectivity index (χ3v) is 5.67. The second-order valence-corrected chi connectivity index (χ2v) is 7.48. The van der Waals surface area contributed by atoms with E-state index in [1.165, 1.54) is 17.0 Å². The van der Waals surface area contributed by atoms with Crippen LogP contribution in [0.4, 0.5) is 15.8 Å². The van der Waals surface area contributed by atoms with Crippen molar-refractivity contribution in [1.29, 1.82) is 0 Å². The lowest BCUT2D eigenvalue weighted by atomic mass is 10.0. The minimum atomic E-state index is -0.557. The number of aromatic nitrogens is 1. The van der Waals surface area contributed by atoms with E-state index in [-0.39, 0.29) is 24.0 Å². The van der Waals surface area contributed by atoms with Crippen molar-refractivity contribution in [3.05, 3.63) is 52.2 Å². The Morgan fingerprint density at radius 2 is 2.23 bits per heavy atom. The number of fused-ring (bicyclic) bond motifs is 1. The zero-order chi connectivity index (χ0) is 18.3. The Kier molecular flexibility index (Phi) is 4.32. The molecule has 1 aliphatic heterocycles. The Labute approximate surface area is 154 Å². The fourth-order valence-corrected chi connectivity index (χ4v) is 4.05. The monoisotopic (exact) mass is 371 g/mol. The third kappa shape index (κ3) is 3.26. The fraction of sp³-hybridized carbons (Fsp3) is 0.316. The summed E-state index contributed by atoms with van der Waals surface area (Å²) in [6.45, 7) is 3.72. The van der Waals surface area contributed by atoms with E-state index in [4.69, 9.17) is 0 Å². The molecule has 0 spiro atoms. The lowest BCUT2D eigenvalue weighted by molar-refractivity contribution is -0.116. The van der Waals surface area contributed by atoms with Crippen molar-refractivity contribution in [3.8, 4) is 0 Å². The van der Waals surface area contributed by atoms with Crippen molar-refractivity contribution >= 4 is 34.5 Å². The molecule has 0 unspecified atom stereocenters. The van der Waals surface area contributed by atoms with Gasteiger partial charge in [-0.25, -0.2) is 9.37 Å². The van der Waals surface area contributed by atoms with Crippen LogP contribution in [0.3, 0.4) is 0 Å². The van der Waals surface area contributed by atoms with Gasteiger partial charge < -0.3 is 5.32 Å². The summed E-state index contributed by atoms with van der Waals surface area (Å²) in [6, 6.07) is 2.92. The number of nitrogens with one attached hydrogen (secondary N) is 1. The fourth-order valence-electron chi connectivity index (χ4n) is 3.06. The molecule has 1 N–H and O–H groups in total. The Balaban J connectivity index is 1.66. The molecule has 1 saturated carbocycles. The molecule has 2 aromatic rings. The first-order valence-corrected chi connectivity index (χ1v) is 9.43. The zero-order valence-corrected chi connectivity index (χ0v) is 14.9. The lowest BCUT2D eigenvalue weighted by Gasteiger charge is -2.24. The summed E-state index contributed by atoms with van der Waals surface area (Å²) in [4.78, 5) is 29.8. The molecule has 26 heavy (non-hydrogen) atoms. The van der Waals surface area contributed by atoms with Crippen molar-refractivity contribution in [2.45, 2.75) is 38.1 Å². The molecule has 1 aromatic heterocycles. The highest BCUT2D eigenvalue weighted by molar-refractivity contribution is 7.09. The number of carbonyl (C=O) groups excluding carboxylic acids is 2. The smallest absolute Gasteiger partial charge is 0.250 e. The molecule has 0 bridgehead atoms. The van der Waals surface area contributed by atoms with E-state index >= 15 is 0 Å². The largest absolute Gasteiger partial charge is 0.326 e. The van der Waals surface area contributed by atoms with Crippen molar-refractivity contribution in [3.63, 3.8) is 0 Å². The maximum Gasteiger partial charge on any atom is 0.250 e. The first-order valence-electron chi connectivity index (χ1n) is 8.55. The first kappa shape index (κ1) is 16.9. The average Bonchev–Trinajstić information content (AvgIpc) is 3.37. The van der Waals surface area contributed by atoms with Crippen molar-refractivity contribution < 1.29 is 14.0 Å². The Morgan fingerprint density at radius 3 is 2.96 bits per heavy atom. The zero-order valence-electron chi connectivity index (χ0n) is 14.1. The molecule has 5 nitrogen and oxygen atoms in total. The number of halogens is 1. The number of rotatable bonds is 5. The van der Waals surface area contributed by atoms with E-state index in [9.17, 15) is 14.0 Å². The first-order chi connectivity index (χ1) is 12.5. The van der Waals surface area contributed by atoms with E-state index in [1.807, 2.05) is 5.38 Å². The van der Waals surface area contributed by atoms with Crippen LogP contribution in [0.25, 0.3) is 0 Å². The van der Waals surface area contributed by atoms with E-state index < -0.39 is 5.82 Å². The third-order valence-electron chi connectivity index (χ3n) is 4.62. The number of benzene rings is 1. The molecule has 1 fully saturated rings. The van der Waals surface area contributed by atoms with Crippen LogP contribution in [0.15, 0.2) is 30.2 Å². The second-order valence-electron chi connectivity index (χ2n) is 6.59. The molecule has 7 heteroatoms. The molecule has 2 aliphatic rings. The van der Waals surface area contributed by atoms with Crippen LogP contribution in [-0.2, 0) is 22.6 Å². The van der Waals surface area contributed by atoms with Gasteiger partial charge in [-0.05, 0) is 43.0 Å². The van der Waals surface area contributed by atoms with Crippen molar-refractivity contribution in [1.82, 2.24) is 4.98 Å². The van der Waals surface area contributed by atoms with Gasteiger partial charge in [-0.15, -0.1) is 11.3 Å². The lowest BCUT2D eigenvalue weighted by Crippen LogP contribution is -2.30. The highest BCUT2D eigenvalue weighted by Gasteiger charge is 2.28. The summed E-state index contributed by atoms with van der Waals surface area (Å²) in [7, 11) is 0. The molecule has 0 saturated heterocycles. The number of aryl methyl sites for hydroxylation is 1. The van der Waals surface area contributed by atoms with Crippen LogP contribution in [0, 0.1) is 5.82 Å². The Morgan fingerprint density at radius 1 is 1.42 bits per heavy atom. The summed E-state index contributed by atoms with van der Waals surface area (Å²) < 4.78 is 14.7. The molecular formula is C19H18FN3O2S. The molecule has 134 valence electrons. The van der Waals surface area contributed by atoms with Gasteiger partial charge in [-0.2, -0.15) is 0 Å². The molecule has 1 aromatic carbocycles. The van der Waals surface area contributed by atoms with Gasteiger partial charge in [0.2, 0.25) is 5.91 Å². The SMILES string of the molecule is C=CC(=O)N(Cc1csc(C2CC2)n1)c1cc2c(cc1F)NC(=O)CC2. The molecule has 0 radical (unpaired) electrons. The predicted octanol–water partition coefficient (Wildman–Crippen LogP) is 3.76. The van der Waals surface area contributed by atoms with Crippen molar-refractivity contribution in [2.75, 3.05) is 10.2 Å². The van der Waals surface area contributed by atoms with Gasteiger partial charge >= 0.3 is 0 Å². The minimum Gasteiger partial charge on any atom is -0.326 e. The number of amides is 2. The van der Waals surface area contributed by atoms with Crippen LogP contribution in [0.1, 0.15) is 41.4 Å². The Bertz CT molecular complexity index is 904. The minimum absolute atomic E-state index is 0.126. The molecule has 2 heterocycles. The van der Waals surface area contributed by atoms with E-state index in [1.54, 1.807) is 17.4 Å². The maximum atomic E-state index is 14.7. The summed E-state index contributed by atoms with van der Waals surface area (Å²) in [5.74, 6) is -0.524. The quantitative estimate of drug-likeness (QED) is 0.814. The standard InChI is InChI=1S/C19H18FN3O2S/c1-2-18(25)23(9-13-10-26-19(21-13)11-3-4-11)16-7-12-5-6-17(24)22-15(12)8-14(16)20/h2,7-8,10-11H,1,3-6,9H2,(H,22,24). The van der Waals surface area contributed by atoms with Crippen LogP contribution in [-0.4, -0.2) is 16.8 Å². The number of carbonyl (C=O) groups is 2. The van der Waals surface area contributed by atoms with Gasteiger partial charge in [-0.1, -0.05) is 6.58 Å². The summed E-state index contributed by atoms with van der Waals surface area (Å²) >= 11 is 1.59. The molecule has 1 aliphatic carbocycles. The van der Waals surface area contributed by atoms with E-state index in [0.717, 1.165) is 29.1 Å². The van der Waals surface area contributed by atoms with Crippen LogP contribution in [0.5, 0.6) is 0 Å². The topological polar surface area (TPSA) is 62.3 Å². The summed E-state index contributed by atoms with van der Waals surface area (Å²) in [6.07, 6.45) is 4.37. The van der Waals surface area contributed by atoms with Gasteiger partial charge in [0.25, 0.3) is 5.91 Å². The van der Waals surface area contributed by atoms with Crippen LogP contribution < -0.4 is 10.2 Å². The predicted molar refractivity (Wildman–Crippen MR) is 98.8 cm³/mol. The van der Waals surface area contributed by atoms with Gasteiger partial charge in [0.05, 0.1) is 22.9 Å². The van der Waals surface area contributed by atoms with Gasteiger partial charge in [0, 0.05) is 23.4 Å². The normalized spacial score (nSPS) is 16.0. The van der Waals surface area contributed by atoms with Gasteiger partial charge in [-0.3, -0.25) is 14.5 Å².